The van der Waals surface area contributed by atoms with Crippen LogP contribution in [-0.2, 0) is 4.79 Å². The smallest absolute Gasteiger partial charge is 0.243 e. The highest BCUT2D eigenvalue weighted by Gasteiger charge is 2.28. The molecule has 1 atom stereocenters. The largest absolute Gasteiger partial charge is 0.399 e. The maximum Gasteiger partial charge on any atom is 0.243 e. The molecule has 0 aromatic heterocycles. The average Bonchev–Trinajstić information content (AvgIpc) is 2.30. The van der Waals surface area contributed by atoms with Crippen LogP contribution in [0.15, 0.2) is 29.4 Å². The van der Waals surface area contributed by atoms with Crippen molar-refractivity contribution in [1.29, 1.82) is 0 Å². The van der Waals surface area contributed by atoms with E-state index in [2.05, 4.69) is 5.10 Å². The number of rotatable bonds is 2. The summed E-state index contributed by atoms with van der Waals surface area (Å²) in [5.74, 6) is 0.243. The van der Waals surface area contributed by atoms with E-state index in [0.717, 1.165) is 17.0 Å². The highest BCUT2D eigenvalue weighted by Crippen LogP contribution is 2.22. The molecule has 2 rings (SSSR count). The van der Waals surface area contributed by atoms with Crippen molar-refractivity contribution in [3.8, 4) is 0 Å². The lowest BCUT2D eigenvalue weighted by Crippen LogP contribution is -2.40. The van der Waals surface area contributed by atoms with Gasteiger partial charge in [-0.15, -0.1) is 0 Å². The van der Waals surface area contributed by atoms with Crippen LogP contribution in [-0.4, -0.2) is 22.7 Å². The maximum atomic E-state index is 11.9. The van der Waals surface area contributed by atoms with Gasteiger partial charge in [0.1, 0.15) is 0 Å². The van der Waals surface area contributed by atoms with E-state index < -0.39 is 0 Å². The lowest BCUT2D eigenvalue weighted by atomic mass is 9.93. The van der Waals surface area contributed by atoms with Gasteiger partial charge in [-0.1, -0.05) is 19.1 Å². The summed E-state index contributed by atoms with van der Waals surface area (Å²) in [4.78, 5) is 11.9. The molecule has 1 aromatic rings. The maximum absolute atomic E-state index is 11.9. The SMILES string of the molecule is CC1CC(=O)N(C(C)C)N=C1c1ccc(N)cc1. The van der Waals surface area contributed by atoms with Gasteiger partial charge in [0.15, 0.2) is 0 Å². The summed E-state index contributed by atoms with van der Waals surface area (Å²) in [6.45, 7) is 5.97. The first-order chi connectivity index (χ1) is 8.49. The zero-order valence-electron chi connectivity index (χ0n) is 11.1. The highest BCUT2D eigenvalue weighted by molar-refractivity contribution is 6.05. The van der Waals surface area contributed by atoms with Crippen LogP contribution in [0.25, 0.3) is 0 Å². The number of nitrogens with two attached hydrogens (primary N) is 1. The zero-order valence-corrected chi connectivity index (χ0v) is 11.1. The second-order valence-corrected chi connectivity index (χ2v) is 5.04. The summed E-state index contributed by atoms with van der Waals surface area (Å²) < 4.78 is 0. The second kappa shape index (κ2) is 4.80. The van der Waals surface area contributed by atoms with Gasteiger partial charge in [-0.05, 0) is 31.5 Å². The lowest BCUT2D eigenvalue weighted by molar-refractivity contribution is -0.134. The first-order valence-electron chi connectivity index (χ1n) is 6.25. The number of carbonyl (C=O) groups is 1. The molecule has 0 saturated carbocycles. The standard InChI is InChI=1S/C14H19N3O/c1-9(2)17-13(18)8-10(3)14(16-17)11-4-6-12(15)7-5-11/h4-7,9-10H,8,15H2,1-3H3. The van der Waals surface area contributed by atoms with Gasteiger partial charge in [-0.3, -0.25) is 4.79 Å². The van der Waals surface area contributed by atoms with Gasteiger partial charge in [0.05, 0.1) is 5.71 Å². The fourth-order valence-electron chi connectivity index (χ4n) is 2.12. The van der Waals surface area contributed by atoms with E-state index in [1.165, 1.54) is 0 Å². The Kier molecular flexibility index (Phi) is 3.36. The van der Waals surface area contributed by atoms with E-state index in [4.69, 9.17) is 5.73 Å². The first-order valence-corrected chi connectivity index (χ1v) is 6.25. The summed E-state index contributed by atoms with van der Waals surface area (Å²) in [7, 11) is 0. The molecular formula is C14H19N3O. The fourth-order valence-corrected chi connectivity index (χ4v) is 2.12. The van der Waals surface area contributed by atoms with E-state index in [-0.39, 0.29) is 17.9 Å². The topological polar surface area (TPSA) is 58.7 Å². The van der Waals surface area contributed by atoms with Crippen molar-refractivity contribution < 1.29 is 4.79 Å². The van der Waals surface area contributed by atoms with Crippen LogP contribution >= 0.6 is 0 Å². The minimum Gasteiger partial charge on any atom is -0.399 e. The molecule has 1 amide bonds. The normalized spacial score (nSPS) is 20.2. The van der Waals surface area contributed by atoms with Gasteiger partial charge in [0.2, 0.25) is 5.91 Å². The van der Waals surface area contributed by atoms with Gasteiger partial charge >= 0.3 is 0 Å². The molecule has 0 aliphatic carbocycles. The molecule has 0 saturated heterocycles. The Labute approximate surface area is 107 Å². The van der Waals surface area contributed by atoms with Crippen molar-refractivity contribution in [2.24, 2.45) is 11.0 Å². The Morgan fingerprint density at radius 2 is 1.94 bits per heavy atom. The number of carbonyl (C=O) groups excluding carboxylic acids is 1. The van der Waals surface area contributed by atoms with Crippen LogP contribution in [0.1, 0.15) is 32.8 Å². The molecule has 1 unspecified atom stereocenters. The molecule has 4 heteroatoms. The van der Waals surface area contributed by atoms with Crippen molar-refractivity contribution in [2.75, 3.05) is 5.73 Å². The zero-order chi connectivity index (χ0) is 13.3. The lowest BCUT2D eigenvalue weighted by Gasteiger charge is -2.30. The van der Waals surface area contributed by atoms with Crippen molar-refractivity contribution in [1.82, 2.24) is 5.01 Å². The van der Waals surface area contributed by atoms with Crippen LogP contribution < -0.4 is 5.73 Å². The molecule has 4 nitrogen and oxygen atoms in total. The number of nitrogens with zero attached hydrogens (tertiary/aromatic N) is 2. The summed E-state index contributed by atoms with van der Waals surface area (Å²) in [6.07, 6.45) is 0.515. The summed E-state index contributed by atoms with van der Waals surface area (Å²) in [5, 5.41) is 6.08. The Hall–Kier alpha value is -1.84. The Balaban J connectivity index is 2.38. The van der Waals surface area contributed by atoms with Crippen molar-refractivity contribution in [2.45, 2.75) is 33.2 Å². The molecule has 96 valence electrons. The number of amides is 1. The Morgan fingerprint density at radius 3 is 2.50 bits per heavy atom. The number of anilines is 1. The van der Waals surface area contributed by atoms with Crippen LogP contribution in [0.3, 0.4) is 0 Å². The number of benzene rings is 1. The van der Waals surface area contributed by atoms with Gasteiger partial charge < -0.3 is 5.73 Å². The van der Waals surface area contributed by atoms with Crippen molar-refractivity contribution in [3.63, 3.8) is 0 Å². The summed E-state index contributed by atoms with van der Waals surface area (Å²) in [5.41, 5.74) is 8.42. The van der Waals surface area contributed by atoms with Crippen molar-refractivity contribution >= 4 is 17.3 Å². The van der Waals surface area contributed by atoms with Crippen LogP contribution in [0.2, 0.25) is 0 Å². The Bertz CT molecular complexity index is 476. The molecule has 0 bridgehead atoms. The van der Waals surface area contributed by atoms with Gasteiger partial charge in [-0.2, -0.15) is 5.10 Å². The quantitative estimate of drug-likeness (QED) is 0.812. The summed E-state index contributed by atoms with van der Waals surface area (Å²) >= 11 is 0. The Morgan fingerprint density at radius 1 is 1.33 bits per heavy atom. The minimum atomic E-state index is 0.0915. The number of hydrazone groups is 1. The van der Waals surface area contributed by atoms with Crippen LogP contribution in [0, 0.1) is 5.92 Å². The van der Waals surface area contributed by atoms with Crippen LogP contribution in [0.5, 0.6) is 0 Å². The van der Waals surface area contributed by atoms with E-state index >= 15 is 0 Å². The minimum absolute atomic E-state index is 0.0915. The molecule has 2 N–H and O–H groups in total. The molecule has 1 aliphatic rings. The number of hydrogen-bond acceptors (Lipinski definition) is 3. The van der Waals surface area contributed by atoms with E-state index in [1.54, 1.807) is 5.01 Å². The second-order valence-electron chi connectivity index (χ2n) is 5.04. The molecule has 1 aromatic carbocycles. The van der Waals surface area contributed by atoms with Gasteiger partial charge in [0, 0.05) is 24.1 Å². The molecule has 1 heterocycles. The van der Waals surface area contributed by atoms with E-state index in [0.29, 0.717) is 6.42 Å². The molecule has 0 radical (unpaired) electrons. The monoisotopic (exact) mass is 245 g/mol. The molecule has 18 heavy (non-hydrogen) atoms. The van der Waals surface area contributed by atoms with Gasteiger partial charge in [0.25, 0.3) is 0 Å². The first kappa shape index (κ1) is 12.6. The summed E-state index contributed by atoms with van der Waals surface area (Å²) in [6, 6.07) is 7.73. The number of nitrogen functional groups attached to an aromatic ring is 1. The van der Waals surface area contributed by atoms with E-state index in [9.17, 15) is 4.79 Å². The molecule has 0 fully saturated rings. The third-order valence-corrected chi connectivity index (χ3v) is 3.11. The predicted molar refractivity (Wildman–Crippen MR) is 73.2 cm³/mol. The third-order valence-electron chi connectivity index (χ3n) is 3.11. The van der Waals surface area contributed by atoms with Crippen molar-refractivity contribution in [3.05, 3.63) is 29.8 Å². The predicted octanol–water partition coefficient (Wildman–Crippen LogP) is 2.25. The van der Waals surface area contributed by atoms with Crippen LogP contribution in [0.4, 0.5) is 5.69 Å². The van der Waals surface area contributed by atoms with Gasteiger partial charge in [-0.25, -0.2) is 5.01 Å². The average molecular weight is 245 g/mol. The van der Waals surface area contributed by atoms with E-state index in [1.807, 2.05) is 45.0 Å². The molecular weight excluding hydrogens is 226 g/mol. The third kappa shape index (κ3) is 2.37. The highest BCUT2D eigenvalue weighted by atomic mass is 16.2. The molecule has 1 aliphatic heterocycles. The number of hydrogen-bond donors (Lipinski definition) is 1. The molecule has 0 spiro atoms. The fraction of sp³-hybridized carbons (Fsp3) is 0.429.